The Balaban J connectivity index is 1.52. The molecule has 1 aliphatic heterocycles. The number of hydrogen-bond donors (Lipinski definition) is 1. The summed E-state index contributed by atoms with van der Waals surface area (Å²) in [5, 5.41) is 7.80. The standard InChI is InChI=1S/C18H23N3O2/c1-12-19-18(23-21-12)17(13-6-8-22-9-7-13)20-16-10-14-4-2-3-5-15(14)11-16/h2-5,13,16-17,20H,6-11H2,1H3/t17-/m0/s1. The fourth-order valence-corrected chi connectivity index (χ4v) is 3.83. The predicted octanol–water partition coefficient (Wildman–Crippen LogP) is 2.60. The molecule has 2 aromatic rings. The number of fused-ring (bicyclic) bond motifs is 1. The number of rotatable bonds is 4. The molecule has 1 aliphatic carbocycles. The summed E-state index contributed by atoms with van der Waals surface area (Å²) < 4.78 is 11.0. The zero-order valence-electron chi connectivity index (χ0n) is 13.5. The maximum atomic E-state index is 5.52. The number of nitrogens with one attached hydrogen (secondary N) is 1. The van der Waals surface area contributed by atoms with Crippen molar-refractivity contribution in [1.82, 2.24) is 15.5 Å². The monoisotopic (exact) mass is 313 g/mol. The third kappa shape index (κ3) is 3.16. The van der Waals surface area contributed by atoms with Gasteiger partial charge in [-0.25, -0.2) is 0 Å². The highest BCUT2D eigenvalue weighted by Gasteiger charge is 2.33. The molecule has 0 bridgehead atoms. The Kier molecular flexibility index (Phi) is 4.14. The molecule has 5 heteroatoms. The number of ether oxygens (including phenoxy) is 1. The average Bonchev–Trinajstić information content (AvgIpc) is 3.19. The highest BCUT2D eigenvalue weighted by molar-refractivity contribution is 5.33. The first-order valence-electron chi connectivity index (χ1n) is 8.50. The SMILES string of the molecule is Cc1noc([C@@H](NC2Cc3ccccc3C2)C2CCOCC2)n1. The molecule has 5 nitrogen and oxygen atoms in total. The van der Waals surface area contributed by atoms with Crippen molar-refractivity contribution in [3.63, 3.8) is 0 Å². The molecule has 4 rings (SSSR count). The molecule has 0 unspecified atom stereocenters. The molecule has 2 heterocycles. The van der Waals surface area contributed by atoms with E-state index in [1.54, 1.807) is 0 Å². The van der Waals surface area contributed by atoms with E-state index in [2.05, 4.69) is 39.7 Å². The Hall–Kier alpha value is -1.72. The van der Waals surface area contributed by atoms with Gasteiger partial charge in [-0.1, -0.05) is 29.4 Å². The van der Waals surface area contributed by atoms with Crippen LogP contribution in [0.4, 0.5) is 0 Å². The lowest BCUT2D eigenvalue weighted by Gasteiger charge is -2.30. The van der Waals surface area contributed by atoms with Crippen molar-refractivity contribution < 1.29 is 9.26 Å². The molecule has 0 saturated carbocycles. The van der Waals surface area contributed by atoms with Crippen LogP contribution in [-0.2, 0) is 17.6 Å². The number of benzene rings is 1. The number of aromatic nitrogens is 2. The summed E-state index contributed by atoms with van der Waals surface area (Å²) in [5.41, 5.74) is 2.91. The molecule has 23 heavy (non-hydrogen) atoms. The molecule has 0 amide bonds. The second-order valence-corrected chi connectivity index (χ2v) is 6.65. The lowest BCUT2D eigenvalue weighted by molar-refractivity contribution is 0.0469. The third-order valence-corrected chi connectivity index (χ3v) is 5.01. The minimum absolute atomic E-state index is 0.124. The Morgan fingerprint density at radius 1 is 1.13 bits per heavy atom. The van der Waals surface area contributed by atoms with Gasteiger partial charge in [0.1, 0.15) is 0 Å². The lowest BCUT2D eigenvalue weighted by Crippen LogP contribution is -2.39. The first-order chi connectivity index (χ1) is 11.3. The summed E-state index contributed by atoms with van der Waals surface area (Å²) in [6.45, 7) is 3.52. The smallest absolute Gasteiger partial charge is 0.244 e. The number of nitrogens with zero attached hydrogens (tertiary/aromatic N) is 2. The van der Waals surface area contributed by atoms with Gasteiger partial charge < -0.3 is 14.6 Å². The van der Waals surface area contributed by atoms with Crippen molar-refractivity contribution in [3.05, 3.63) is 47.1 Å². The van der Waals surface area contributed by atoms with Crippen LogP contribution >= 0.6 is 0 Å². The van der Waals surface area contributed by atoms with Crippen molar-refractivity contribution >= 4 is 0 Å². The molecule has 122 valence electrons. The normalized spacial score (nSPS) is 20.6. The minimum atomic E-state index is 0.124. The van der Waals surface area contributed by atoms with Gasteiger partial charge in [0.15, 0.2) is 5.82 Å². The van der Waals surface area contributed by atoms with Crippen molar-refractivity contribution in [2.75, 3.05) is 13.2 Å². The average molecular weight is 313 g/mol. The quantitative estimate of drug-likeness (QED) is 0.940. The summed E-state index contributed by atoms with van der Waals surface area (Å²) in [7, 11) is 0. The van der Waals surface area contributed by atoms with Crippen LogP contribution in [0.2, 0.25) is 0 Å². The molecular formula is C18H23N3O2. The van der Waals surface area contributed by atoms with Crippen LogP contribution in [0.15, 0.2) is 28.8 Å². The summed E-state index contributed by atoms with van der Waals surface area (Å²) in [4.78, 5) is 4.50. The maximum Gasteiger partial charge on any atom is 0.244 e. The fraction of sp³-hybridized carbons (Fsp3) is 0.556. The first-order valence-corrected chi connectivity index (χ1v) is 8.50. The van der Waals surface area contributed by atoms with Gasteiger partial charge in [0.05, 0.1) is 6.04 Å². The molecule has 0 radical (unpaired) electrons. The van der Waals surface area contributed by atoms with Gasteiger partial charge >= 0.3 is 0 Å². The van der Waals surface area contributed by atoms with Gasteiger partial charge in [0.25, 0.3) is 0 Å². The van der Waals surface area contributed by atoms with Crippen molar-refractivity contribution in [2.24, 2.45) is 5.92 Å². The second-order valence-electron chi connectivity index (χ2n) is 6.65. The highest BCUT2D eigenvalue weighted by atomic mass is 16.5. The van der Waals surface area contributed by atoms with E-state index in [4.69, 9.17) is 9.26 Å². The molecule has 1 N–H and O–H groups in total. The van der Waals surface area contributed by atoms with Crippen LogP contribution in [0.1, 0.15) is 41.7 Å². The van der Waals surface area contributed by atoms with E-state index >= 15 is 0 Å². The van der Waals surface area contributed by atoms with Crippen molar-refractivity contribution in [2.45, 2.75) is 44.7 Å². The van der Waals surface area contributed by atoms with Gasteiger partial charge in [-0.3, -0.25) is 0 Å². The van der Waals surface area contributed by atoms with E-state index in [0.29, 0.717) is 17.8 Å². The Morgan fingerprint density at radius 2 is 1.83 bits per heavy atom. The topological polar surface area (TPSA) is 60.2 Å². The Bertz CT molecular complexity index is 639. The summed E-state index contributed by atoms with van der Waals surface area (Å²) in [6, 6.07) is 9.28. The molecule has 0 spiro atoms. The maximum absolute atomic E-state index is 5.52. The van der Waals surface area contributed by atoms with Gasteiger partial charge in [0, 0.05) is 19.3 Å². The van der Waals surface area contributed by atoms with Crippen molar-refractivity contribution in [1.29, 1.82) is 0 Å². The summed E-state index contributed by atoms with van der Waals surface area (Å²) in [6.07, 6.45) is 4.23. The fourth-order valence-electron chi connectivity index (χ4n) is 3.83. The van der Waals surface area contributed by atoms with Crippen LogP contribution in [0.5, 0.6) is 0 Å². The van der Waals surface area contributed by atoms with E-state index in [9.17, 15) is 0 Å². The van der Waals surface area contributed by atoms with Gasteiger partial charge in [-0.2, -0.15) is 4.98 Å². The molecule has 1 aromatic heterocycles. The highest BCUT2D eigenvalue weighted by Crippen LogP contribution is 2.32. The van der Waals surface area contributed by atoms with Crippen LogP contribution in [0.3, 0.4) is 0 Å². The minimum Gasteiger partial charge on any atom is -0.381 e. The predicted molar refractivity (Wildman–Crippen MR) is 86.1 cm³/mol. The van der Waals surface area contributed by atoms with E-state index in [1.165, 1.54) is 11.1 Å². The molecule has 1 aromatic carbocycles. The van der Waals surface area contributed by atoms with Crippen LogP contribution < -0.4 is 5.32 Å². The first kappa shape index (κ1) is 14.8. The van der Waals surface area contributed by atoms with Crippen LogP contribution in [-0.4, -0.2) is 29.4 Å². The van der Waals surface area contributed by atoms with E-state index in [1.807, 2.05) is 6.92 Å². The molecule has 1 atom stereocenters. The van der Waals surface area contributed by atoms with Gasteiger partial charge in [0.2, 0.25) is 5.89 Å². The van der Waals surface area contributed by atoms with Crippen molar-refractivity contribution in [3.8, 4) is 0 Å². The molecular weight excluding hydrogens is 290 g/mol. The van der Waals surface area contributed by atoms with Crippen LogP contribution in [0.25, 0.3) is 0 Å². The zero-order chi connectivity index (χ0) is 15.6. The Morgan fingerprint density at radius 3 is 2.43 bits per heavy atom. The number of hydrogen-bond acceptors (Lipinski definition) is 5. The third-order valence-electron chi connectivity index (χ3n) is 5.01. The van der Waals surface area contributed by atoms with Gasteiger partial charge in [-0.15, -0.1) is 0 Å². The molecule has 1 saturated heterocycles. The Labute approximate surface area is 136 Å². The van der Waals surface area contributed by atoms with E-state index < -0.39 is 0 Å². The summed E-state index contributed by atoms with van der Waals surface area (Å²) >= 11 is 0. The lowest BCUT2D eigenvalue weighted by atomic mass is 9.90. The summed E-state index contributed by atoms with van der Waals surface area (Å²) in [5.74, 6) is 1.92. The zero-order valence-corrected chi connectivity index (χ0v) is 13.5. The molecule has 1 fully saturated rings. The number of aryl methyl sites for hydroxylation is 1. The second kappa shape index (κ2) is 6.42. The molecule has 2 aliphatic rings. The van der Waals surface area contributed by atoms with Gasteiger partial charge in [-0.05, 0) is 49.7 Å². The van der Waals surface area contributed by atoms with E-state index in [0.717, 1.165) is 44.8 Å². The largest absolute Gasteiger partial charge is 0.381 e. The van der Waals surface area contributed by atoms with E-state index in [-0.39, 0.29) is 6.04 Å². The van der Waals surface area contributed by atoms with Crippen LogP contribution in [0, 0.1) is 12.8 Å².